The molecule has 26 heavy (non-hydrogen) atoms. The highest BCUT2D eigenvalue weighted by atomic mass is 16.6. The highest BCUT2D eigenvalue weighted by Gasteiger charge is 2.54. The van der Waals surface area contributed by atoms with Crippen molar-refractivity contribution in [3.63, 3.8) is 0 Å². The first-order valence-corrected chi connectivity index (χ1v) is 9.12. The van der Waals surface area contributed by atoms with E-state index in [9.17, 15) is 9.59 Å². The maximum atomic E-state index is 12.6. The number of ether oxygens (including phenoxy) is 1. The van der Waals surface area contributed by atoms with Gasteiger partial charge in [0.2, 0.25) is 5.91 Å². The lowest BCUT2D eigenvalue weighted by molar-refractivity contribution is -0.126. The van der Waals surface area contributed by atoms with Crippen LogP contribution in [0.15, 0.2) is 11.4 Å². The molecule has 144 valence electrons. The topological polar surface area (TPSA) is 97.8 Å². The summed E-state index contributed by atoms with van der Waals surface area (Å²) in [6.07, 6.45) is 1.33. The molecule has 2 amide bonds. The van der Waals surface area contributed by atoms with Gasteiger partial charge >= 0.3 is 6.09 Å². The summed E-state index contributed by atoms with van der Waals surface area (Å²) in [5, 5.41) is 14.5. The molecule has 0 radical (unpaired) electrons. The zero-order valence-corrected chi connectivity index (χ0v) is 16.0. The molecule has 3 heterocycles. The normalized spacial score (nSPS) is 27.1. The number of rotatable bonds is 2. The largest absolute Gasteiger partial charge is 0.444 e. The van der Waals surface area contributed by atoms with Gasteiger partial charge in [0, 0.05) is 56.8 Å². The maximum absolute atomic E-state index is 12.6. The van der Waals surface area contributed by atoms with E-state index in [0.29, 0.717) is 44.3 Å². The van der Waals surface area contributed by atoms with Gasteiger partial charge in [0.15, 0.2) is 0 Å². The first kappa shape index (κ1) is 18.7. The zero-order chi connectivity index (χ0) is 19.1. The van der Waals surface area contributed by atoms with Crippen LogP contribution in [0.2, 0.25) is 0 Å². The SMILES string of the molecule is C[C@H]1CN/C(=C(\C=N)N2CC3(CC2=O)CN(C(=O)OC(C)(C)C)C3)CN1. The van der Waals surface area contributed by atoms with Gasteiger partial charge < -0.3 is 30.6 Å². The van der Waals surface area contributed by atoms with E-state index in [-0.39, 0.29) is 17.4 Å². The van der Waals surface area contributed by atoms with E-state index in [1.165, 1.54) is 6.21 Å². The zero-order valence-electron chi connectivity index (χ0n) is 16.0. The number of piperazine rings is 1. The van der Waals surface area contributed by atoms with E-state index >= 15 is 0 Å². The average Bonchev–Trinajstić information content (AvgIpc) is 2.85. The number of carbonyl (C=O) groups excluding carboxylic acids is 2. The summed E-state index contributed by atoms with van der Waals surface area (Å²) in [5.74, 6) is 0.0141. The predicted octanol–water partition coefficient (Wildman–Crippen LogP) is 0.898. The van der Waals surface area contributed by atoms with Crippen LogP contribution in [0.4, 0.5) is 4.79 Å². The number of allylic oxidation sites excluding steroid dienone is 1. The van der Waals surface area contributed by atoms with Crippen molar-refractivity contribution in [3.8, 4) is 0 Å². The van der Waals surface area contributed by atoms with E-state index in [4.69, 9.17) is 10.1 Å². The Morgan fingerprint density at radius 3 is 2.58 bits per heavy atom. The molecular weight excluding hydrogens is 334 g/mol. The predicted molar refractivity (Wildman–Crippen MR) is 97.8 cm³/mol. The molecule has 0 unspecified atom stereocenters. The summed E-state index contributed by atoms with van der Waals surface area (Å²) >= 11 is 0. The van der Waals surface area contributed by atoms with Crippen LogP contribution < -0.4 is 10.6 Å². The molecule has 3 N–H and O–H groups in total. The van der Waals surface area contributed by atoms with E-state index in [1.54, 1.807) is 9.80 Å². The summed E-state index contributed by atoms with van der Waals surface area (Å²) in [6.45, 7) is 10.6. The molecule has 3 aliphatic rings. The second kappa shape index (κ2) is 6.57. The fraction of sp³-hybridized carbons (Fsp3) is 0.722. The van der Waals surface area contributed by atoms with Crippen molar-refractivity contribution in [1.82, 2.24) is 20.4 Å². The fourth-order valence-corrected chi connectivity index (χ4v) is 3.74. The first-order valence-electron chi connectivity index (χ1n) is 9.12. The van der Waals surface area contributed by atoms with E-state index < -0.39 is 5.60 Å². The third kappa shape index (κ3) is 3.70. The fourth-order valence-electron chi connectivity index (χ4n) is 3.74. The van der Waals surface area contributed by atoms with Crippen LogP contribution in [-0.4, -0.2) is 72.4 Å². The average molecular weight is 363 g/mol. The Morgan fingerprint density at radius 1 is 1.35 bits per heavy atom. The molecule has 1 spiro atoms. The summed E-state index contributed by atoms with van der Waals surface area (Å²) < 4.78 is 5.40. The van der Waals surface area contributed by atoms with Crippen molar-refractivity contribution in [2.24, 2.45) is 5.41 Å². The van der Waals surface area contributed by atoms with Crippen molar-refractivity contribution in [1.29, 1.82) is 5.41 Å². The minimum atomic E-state index is -0.522. The molecule has 3 rings (SSSR count). The number of hydrogen-bond donors (Lipinski definition) is 3. The molecule has 8 heteroatoms. The molecule has 1 atom stereocenters. The van der Waals surface area contributed by atoms with Gasteiger partial charge in [-0.2, -0.15) is 0 Å². The van der Waals surface area contributed by atoms with Gasteiger partial charge in [-0.25, -0.2) is 4.79 Å². The molecule has 0 aliphatic carbocycles. The van der Waals surface area contributed by atoms with E-state index in [1.807, 2.05) is 20.8 Å². The minimum absolute atomic E-state index is 0.0141. The number of likely N-dealkylation sites (tertiary alicyclic amines) is 2. The number of nitrogens with one attached hydrogen (secondary N) is 3. The highest BCUT2D eigenvalue weighted by Crippen LogP contribution is 2.42. The molecule has 0 aromatic rings. The lowest BCUT2D eigenvalue weighted by Crippen LogP contribution is -2.60. The number of hydrogen-bond acceptors (Lipinski definition) is 6. The van der Waals surface area contributed by atoms with Gasteiger partial charge in [-0.3, -0.25) is 4.79 Å². The van der Waals surface area contributed by atoms with E-state index in [2.05, 4.69) is 17.6 Å². The smallest absolute Gasteiger partial charge is 0.410 e. The van der Waals surface area contributed by atoms with Gasteiger partial charge in [-0.1, -0.05) is 0 Å². The minimum Gasteiger partial charge on any atom is -0.444 e. The maximum Gasteiger partial charge on any atom is 0.410 e. The number of carbonyl (C=O) groups is 2. The quantitative estimate of drug-likeness (QED) is 0.633. The molecular formula is C18H29N5O3. The molecule has 0 bridgehead atoms. The van der Waals surface area contributed by atoms with Crippen LogP contribution in [0.5, 0.6) is 0 Å². The third-order valence-corrected chi connectivity index (χ3v) is 5.01. The van der Waals surface area contributed by atoms with Crippen LogP contribution in [0.1, 0.15) is 34.1 Å². The Balaban J connectivity index is 1.65. The van der Waals surface area contributed by atoms with Gasteiger partial charge in [0.25, 0.3) is 0 Å². The Bertz CT molecular complexity index is 636. The van der Waals surface area contributed by atoms with Crippen molar-refractivity contribution in [3.05, 3.63) is 11.4 Å². The lowest BCUT2D eigenvalue weighted by Gasteiger charge is -2.47. The Labute approximate surface area is 154 Å². The standard InChI is InChI=1S/C18H29N5O3/c1-12-7-21-13(8-20-12)14(6-19)23-11-18(5-15(23)24)9-22(10-18)16(25)26-17(2,3)4/h6,12,19-21H,5,7-11H2,1-4H3/b14-13+,19-6?/t12-/m0/s1. The molecule has 3 saturated heterocycles. The first-order chi connectivity index (χ1) is 12.1. The molecule has 3 fully saturated rings. The van der Waals surface area contributed by atoms with Crippen molar-refractivity contribution in [2.45, 2.75) is 45.8 Å². The Morgan fingerprint density at radius 2 is 2.04 bits per heavy atom. The van der Waals surface area contributed by atoms with Gasteiger partial charge in [0.05, 0.1) is 11.4 Å². The van der Waals surface area contributed by atoms with Gasteiger partial charge in [0.1, 0.15) is 5.60 Å². The number of amides is 2. The summed E-state index contributed by atoms with van der Waals surface area (Å²) in [4.78, 5) is 28.1. The van der Waals surface area contributed by atoms with Crippen LogP contribution >= 0.6 is 0 Å². The summed E-state index contributed by atoms with van der Waals surface area (Å²) in [6, 6.07) is 0.361. The molecule has 8 nitrogen and oxygen atoms in total. The molecule has 0 aromatic heterocycles. The second-order valence-electron chi connectivity index (χ2n) is 8.66. The van der Waals surface area contributed by atoms with E-state index in [0.717, 1.165) is 12.2 Å². The summed E-state index contributed by atoms with van der Waals surface area (Å²) in [5.41, 5.74) is 0.762. The van der Waals surface area contributed by atoms with Crippen molar-refractivity contribution in [2.75, 3.05) is 32.7 Å². The Kier molecular flexibility index (Phi) is 4.72. The lowest BCUT2D eigenvalue weighted by atomic mass is 9.79. The van der Waals surface area contributed by atoms with Crippen LogP contribution in [0.25, 0.3) is 0 Å². The second-order valence-corrected chi connectivity index (χ2v) is 8.66. The van der Waals surface area contributed by atoms with Gasteiger partial charge in [-0.05, 0) is 27.7 Å². The van der Waals surface area contributed by atoms with Gasteiger partial charge in [-0.15, -0.1) is 0 Å². The van der Waals surface area contributed by atoms with Crippen molar-refractivity contribution >= 4 is 18.2 Å². The van der Waals surface area contributed by atoms with Crippen LogP contribution in [0.3, 0.4) is 0 Å². The van der Waals surface area contributed by atoms with Crippen LogP contribution in [0, 0.1) is 10.8 Å². The van der Waals surface area contributed by atoms with Crippen LogP contribution in [-0.2, 0) is 9.53 Å². The number of nitrogens with zero attached hydrogens (tertiary/aromatic N) is 2. The molecule has 3 aliphatic heterocycles. The molecule has 0 aromatic carbocycles. The monoisotopic (exact) mass is 363 g/mol. The third-order valence-electron chi connectivity index (χ3n) is 5.01. The highest BCUT2D eigenvalue weighted by molar-refractivity contribution is 5.90. The molecule has 0 saturated carbocycles. The summed E-state index contributed by atoms with van der Waals surface area (Å²) in [7, 11) is 0. The Hall–Kier alpha value is -2.09. The van der Waals surface area contributed by atoms with Crippen molar-refractivity contribution < 1.29 is 14.3 Å².